The van der Waals surface area contributed by atoms with E-state index in [1.807, 2.05) is 6.07 Å². The van der Waals surface area contributed by atoms with Crippen molar-refractivity contribution in [1.82, 2.24) is 0 Å². The summed E-state index contributed by atoms with van der Waals surface area (Å²) in [5, 5.41) is 0. The lowest BCUT2D eigenvalue weighted by Gasteiger charge is -2.39. The maximum Gasteiger partial charge on any atom is 0.248 e. The van der Waals surface area contributed by atoms with Gasteiger partial charge in [-0.2, -0.15) is 0 Å². The van der Waals surface area contributed by atoms with Gasteiger partial charge in [-0.05, 0) is 37.5 Å². The first kappa shape index (κ1) is 12.3. The molecule has 2 fully saturated rings. The number of carbonyl (C=O) groups excluding carboxylic acids is 1. The fourth-order valence-electron chi connectivity index (χ4n) is 3.19. The molecule has 0 radical (unpaired) electrons. The van der Waals surface area contributed by atoms with Crippen molar-refractivity contribution < 1.29 is 9.53 Å². The quantitative estimate of drug-likeness (QED) is 0.782. The van der Waals surface area contributed by atoms with Crippen LogP contribution in [0.15, 0.2) is 18.2 Å². The third-order valence-electron chi connectivity index (χ3n) is 4.10. The second-order valence-electron chi connectivity index (χ2n) is 5.24. The number of amides is 1. The van der Waals surface area contributed by atoms with Gasteiger partial charge in [-0.15, -0.1) is 0 Å². The van der Waals surface area contributed by atoms with Crippen molar-refractivity contribution in [3.05, 3.63) is 23.8 Å². The standard InChI is InChI=1S/C14H19N3O2/c15-10-8-9(14(16)18)4-5-11(10)17-6-7-19-13-3-1-2-12(13)17/h4-5,8,12-13H,1-3,6-7,15H2,(H2,16,18). The predicted octanol–water partition coefficient (Wildman–Crippen LogP) is 1.13. The first-order chi connectivity index (χ1) is 9.16. The lowest BCUT2D eigenvalue weighted by Crippen LogP contribution is -2.48. The van der Waals surface area contributed by atoms with Crippen LogP contribution in [0, 0.1) is 0 Å². The van der Waals surface area contributed by atoms with Crippen molar-refractivity contribution in [1.29, 1.82) is 0 Å². The number of nitrogen functional groups attached to an aromatic ring is 1. The molecular formula is C14H19N3O2. The Morgan fingerprint density at radius 1 is 1.37 bits per heavy atom. The molecule has 1 saturated heterocycles. The number of morpholine rings is 1. The van der Waals surface area contributed by atoms with Crippen molar-refractivity contribution in [2.24, 2.45) is 5.73 Å². The molecule has 1 saturated carbocycles. The van der Waals surface area contributed by atoms with E-state index in [0.717, 1.165) is 31.7 Å². The summed E-state index contributed by atoms with van der Waals surface area (Å²) in [7, 11) is 0. The summed E-state index contributed by atoms with van der Waals surface area (Å²) >= 11 is 0. The highest BCUT2D eigenvalue weighted by Crippen LogP contribution is 2.35. The van der Waals surface area contributed by atoms with E-state index in [0.29, 0.717) is 23.4 Å². The highest BCUT2D eigenvalue weighted by atomic mass is 16.5. The van der Waals surface area contributed by atoms with Crippen LogP contribution in [0.1, 0.15) is 29.6 Å². The largest absolute Gasteiger partial charge is 0.397 e. The van der Waals surface area contributed by atoms with E-state index in [1.165, 1.54) is 6.42 Å². The van der Waals surface area contributed by atoms with Crippen LogP contribution in [0.3, 0.4) is 0 Å². The zero-order chi connectivity index (χ0) is 13.4. The van der Waals surface area contributed by atoms with E-state index in [2.05, 4.69) is 4.90 Å². The number of carbonyl (C=O) groups is 1. The summed E-state index contributed by atoms with van der Waals surface area (Å²) < 4.78 is 5.80. The first-order valence-corrected chi connectivity index (χ1v) is 6.74. The van der Waals surface area contributed by atoms with Gasteiger partial charge in [0.25, 0.3) is 0 Å². The minimum Gasteiger partial charge on any atom is -0.397 e. The molecule has 102 valence electrons. The smallest absolute Gasteiger partial charge is 0.248 e. The summed E-state index contributed by atoms with van der Waals surface area (Å²) in [5.41, 5.74) is 13.4. The summed E-state index contributed by atoms with van der Waals surface area (Å²) in [6.45, 7) is 1.58. The molecule has 1 aliphatic heterocycles. The molecule has 19 heavy (non-hydrogen) atoms. The van der Waals surface area contributed by atoms with Gasteiger partial charge in [-0.3, -0.25) is 4.79 Å². The third kappa shape index (κ3) is 2.14. The van der Waals surface area contributed by atoms with Crippen molar-refractivity contribution in [3.8, 4) is 0 Å². The summed E-state index contributed by atoms with van der Waals surface area (Å²) in [6.07, 6.45) is 3.79. The number of nitrogens with two attached hydrogens (primary N) is 2. The molecular weight excluding hydrogens is 242 g/mol. The van der Waals surface area contributed by atoms with Crippen molar-refractivity contribution in [3.63, 3.8) is 0 Å². The molecule has 1 heterocycles. The average molecular weight is 261 g/mol. The van der Waals surface area contributed by atoms with Crippen LogP contribution in [-0.4, -0.2) is 31.2 Å². The Bertz CT molecular complexity index is 503. The monoisotopic (exact) mass is 261 g/mol. The van der Waals surface area contributed by atoms with E-state index < -0.39 is 5.91 Å². The Hall–Kier alpha value is -1.75. The van der Waals surface area contributed by atoms with Gasteiger partial charge in [-0.1, -0.05) is 0 Å². The topological polar surface area (TPSA) is 81.6 Å². The minimum atomic E-state index is -0.445. The Labute approximate surface area is 112 Å². The van der Waals surface area contributed by atoms with Crippen molar-refractivity contribution >= 4 is 17.3 Å². The Kier molecular flexibility index (Phi) is 3.06. The molecule has 0 bridgehead atoms. The van der Waals surface area contributed by atoms with E-state index in [9.17, 15) is 4.79 Å². The molecule has 1 aromatic rings. The number of rotatable bonds is 2. The SMILES string of the molecule is NC(=O)c1ccc(N2CCOC3CCCC32)c(N)c1. The summed E-state index contributed by atoms with van der Waals surface area (Å²) in [4.78, 5) is 13.5. The fraction of sp³-hybridized carbons (Fsp3) is 0.500. The number of primary amides is 1. The van der Waals surface area contributed by atoms with Crippen LogP contribution in [0.5, 0.6) is 0 Å². The molecule has 2 atom stereocenters. The number of nitrogens with zero attached hydrogens (tertiary/aromatic N) is 1. The number of benzene rings is 1. The number of hydrogen-bond donors (Lipinski definition) is 2. The molecule has 5 nitrogen and oxygen atoms in total. The molecule has 0 spiro atoms. The fourth-order valence-corrected chi connectivity index (χ4v) is 3.19. The number of fused-ring (bicyclic) bond motifs is 1. The number of ether oxygens (including phenoxy) is 1. The van der Waals surface area contributed by atoms with Crippen LogP contribution < -0.4 is 16.4 Å². The molecule has 2 unspecified atom stereocenters. The van der Waals surface area contributed by atoms with Crippen LogP contribution in [-0.2, 0) is 4.74 Å². The van der Waals surface area contributed by atoms with E-state index >= 15 is 0 Å². The van der Waals surface area contributed by atoms with Gasteiger partial charge < -0.3 is 21.1 Å². The van der Waals surface area contributed by atoms with Gasteiger partial charge in [0.15, 0.2) is 0 Å². The van der Waals surface area contributed by atoms with Crippen LogP contribution in [0.25, 0.3) is 0 Å². The predicted molar refractivity (Wildman–Crippen MR) is 74.1 cm³/mol. The second kappa shape index (κ2) is 4.74. The minimum absolute atomic E-state index is 0.323. The molecule has 0 aromatic heterocycles. The molecule has 1 aliphatic carbocycles. The maximum absolute atomic E-state index is 11.2. The zero-order valence-electron chi connectivity index (χ0n) is 10.8. The Morgan fingerprint density at radius 2 is 2.21 bits per heavy atom. The number of hydrogen-bond acceptors (Lipinski definition) is 4. The zero-order valence-corrected chi connectivity index (χ0v) is 10.8. The van der Waals surface area contributed by atoms with E-state index in [-0.39, 0.29) is 0 Å². The van der Waals surface area contributed by atoms with Crippen LogP contribution in [0.2, 0.25) is 0 Å². The number of anilines is 2. The highest BCUT2D eigenvalue weighted by molar-refractivity contribution is 5.95. The van der Waals surface area contributed by atoms with Gasteiger partial charge in [0.05, 0.1) is 30.1 Å². The average Bonchev–Trinajstić information content (AvgIpc) is 2.86. The first-order valence-electron chi connectivity index (χ1n) is 6.74. The Balaban J connectivity index is 1.90. The van der Waals surface area contributed by atoms with E-state index in [4.69, 9.17) is 16.2 Å². The van der Waals surface area contributed by atoms with Gasteiger partial charge in [0, 0.05) is 12.1 Å². The van der Waals surface area contributed by atoms with Gasteiger partial charge >= 0.3 is 0 Å². The van der Waals surface area contributed by atoms with Crippen molar-refractivity contribution in [2.45, 2.75) is 31.4 Å². The normalized spacial score (nSPS) is 26.2. The van der Waals surface area contributed by atoms with E-state index in [1.54, 1.807) is 12.1 Å². The molecule has 5 heteroatoms. The van der Waals surface area contributed by atoms with Gasteiger partial charge in [-0.25, -0.2) is 0 Å². The lowest BCUT2D eigenvalue weighted by atomic mass is 10.1. The lowest BCUT2D eigenvalue weighted by molar-refractivity contribution is 0.0257. The third-order valence-corrected chi connectivity index (χ3v) is 4.10. The van der Waals surface area contributed by atoms with Crippen LogP contribution >= 0.6 is 0 Å². The summed E-state index contributed by atoms with van der Waals surface area (Å²) in [5.74, 6) is -0.445. The molecule has 1 amide bonds. The maximum atomic E-state index is 11.2. The van der Waals surface area contributed by atoms with Gasteiger partial charge in [0.1, 0.15) is 0 Å². The highest BCUT2D eigenvalue weighted by Gasteiger charge is 2.36. The molecule has 3 rings (SSSR count). The molecule has 2 aliphatic rings. The molecule has 4 N–H and O–H groups in total. The summed E-state index contributed by atoms with van der Waals surface area (Å²) in [6, 6.07) is 5.72. The Morgan fingerprint density at radius 3 is 2.95 bits per heavy atom. The van der Waals surface area contributed by atoms with Crippen LogP contribution in [0.4, 0.5) is 11.4 Å². The second-order valence-corrected chi connectivity index (χ2v) is 5.24. The van der Waals surface area contributed by atoms with Crippen molar-refractivity contribution in [2.75, 3.05) is 23.8 Å². The molecule has 1 aromatic carbocycles. The van der Waals surface area contributed by atoms with Gasteiger partial charge in [0.2, 0.25) is 5.91 Å².